The molecule has 1 aliphatic rings. The molecule has 0 aromatic carbocycles. The minimum Gasteiger partial charge on any atom is -0.356 e. The van der Waals surface area contributed by atoms with Gasteiger partial charge >= 0.3 is 0 Å². The highest BCUT2D eigenvalue weighted by molar-refractivity contribution is 7.10. The number of hydrogen-bond acceptors (Lipinski definition) is 6. The number of amides is 1. The topological polar surface area (TPSA) is 72.1 Å². The van der Waals surface area contributed by atoms with Gasteiger partial charge in [-0.15, -0.1) is 11.3 Å². The van der Waals surface area contributed by atoms with Crippen LogP contribution in [0.4, 0.5) is 0 Å². The molecule has 1 saturated heterocycles. The van der Waals surface area contributed by atoms with Crippen LogP contribution in [0.25, 0.3) is 11.3 Å². The highest BCUT2D eigenvalue weighted by Crippen LogP contribution is 2.33. The van der Waals surface area contributed by atoms with E-state index < -0.39 is 0 Å². The van der Waals surface area contributed by atoms with Crippen molar-refractivity contribution in [3.8, 4) is 11.3 Å². The van der Waals surface area contributed by atoms with E-state index in [0.717, 1.165) is 41.2 Å². The third-order valence-electron chi connectivity index (χ3n) is 4.70. The minimum atomic E-state index is 0.180. The Balaban J connectivity index is 1.54. The Morgan fingerprint density at radius 2 is 2.38 bits per heavy atom. The number of carbonyl (C=O) groups is 1. The molecule has 1 aliphatic heterocycles. The van der Waals surface area contributed by atoms with Crippen LogP contribution in [0, 0.1) is 6.92 Å². The van der Waals surface area contributed by atoms with Crippen LogP contribution in [-0.4, -0.2) is 39.0 Å². The quantitative estimate of drug-likeness (QED) is 0.705. The van der Waals surface area contributed by atoms with Crippen molar-refractivity contribution in [3.63, 3.8) is 0 Å². The Hall–Kier alpha value is -2.54. The molecule has 0 aliphatic carbocycles. The second-order valence-corrected chi connectivity index (χ2v) is 7.62. The van der Waals surface area contributed by atoms with Crippen LogP contribution < -0.4 is 0 Å². The average Bonchev–Trinajstić information content (AvgIpc) is 3.33. The van der Waals surface area contributed by atoms with E-state index in [1.165, 1.54) is 0 Å². The molecular weight excluding hydrogens is 348 g/mol. The summed E-state index contributed by atoms with van der Waals surface area (Å²) in [5.41, 5.74) is 2.63. The Labute approximate surface area is 155 Å². The first-order valence-electron chi connectivity index (χ1n) is 8.74. The van der Waals surface area contributed by atoms with Gasteiger partial charge in [0.1, 0.15) is 6.33 Å². The molecule has 4 heterocycles. The number of piperidine rings is 1. The number of thiophene rings is 1. The van der Waals surface area contributed by atoms with E-state index in [1.807, 2.05) is 35.4 Å². The zero-order valence-corrected chi connectivity index (χ0v) is 15.4. The maximum absolute atomic E-state index is 12.7. The summed E-state index contributed by atoms with van der Waals surface area (Å²) in [4.78, 5) is 24.4. The summed E-state index contributed by atoms with van der Waals surface area (Å²) in [6.07, 6.45) is 5.78. The van der Waals surface area contributed by atoms with Gasteiger partial charge in [-0.1, -0.05) is 11.2 Å². The van der Waals surface area contributed by atoms with Gasteiger partial charge in [-0.2, -0.15) is 0 Å². The van der Waals surface area contributed by atoms with Gasteiger partial charge in [0.25, 0.3) is 0 Å². The summed E-state index contributed by atoms with van der Waals surface area (Å²) in [7, 11) is 0. The lowest BCUT2D eigenvalue weighted by Crippen LogP contribution is -2.40. The highest BCUT2D eigenvalue weighted by atomic mass is 32.1. The zero-order chi connectivity index (χ0) is 17.9. The Kier molecular flexibility index (Phi) is 4.79. The van der Waals surface area contributed by atoms with E-state index >= 15 is 0 Å². The maximum Gasteiger partial charge on any atom is 0.227 e. The zero-order valence-electron chi connectivity index (χ0n) is 14.6. The first kappa shape index (κ1) is 16.9. The summed E-state index contributed by atoms with van der Waals surface area (Å²) >= 11 is 1.63. The van der Waals surface area contributed by atoms with E-state index in [-0.39, 0.29) is 11.8 Å². The minimum absolute atomic E-state index is 0.180. The molecule has 3 aromatic rings. The molecule has 26 heavy (non-hydrogen) atoms. The summed E-state index contributed by atoms with van der Waals surface area (Å²) in [6.45, 7) is 3.38. The Bertz CT molecular complexity index is 891. The van der Waals surface area contributed by atoms with Gasteiger partial charge < -0.3 is 9.42 Å². The van der Waals surface area contributed by atoms with Crippen LogP contribution in [0.1, 0.15) is 35.0 Å². The fraction of sp³-hybridized carbons (Fsp3) is 0.368. The standard InChI is InChI=1S/C19H20N4O2S/c1-13-8-17(25-22-13)16-10-20-12-21-19(16)14-4-2-6-23(11-14)18(24)9-15-5-3-7-26-15/h3,5,7-8,10,12,14H,2,4,6,9,11H2,1H3. The van der Waals surface area contributed by atoms with E-state index in [2.05, 4.69) is 15.1 Å². The molecule has 4 rings (SSSR count). The van der Waals surface area contributed by atoms with E-state index in [4.69, 9.17) is 4.52 Å². The molecule has 1 amide bonds. The maximum atomic E-state index is 12.7. The van der Waals surface area contributed by atoms with E-state index in [9.17, 15) is 4.79 Å². The monoisotopic (exact) mass is 368 g/mol. The van der Waals surface area contributed by atoms with Crippen molar-refractivity contribution >= 4 is 17.2 Å². The number of carbonyl (C=O) groups excluding carboxylic acids is 1. The summed E-state index contributed by atoms with van der Waals surface area (Å²) < 4.78 is 5.42. The van der Waals surface area contributed by atoms with Crippen molar-refractivity contribution in [1.82, 2.24) is 20.0 Å². The van der Waals surface area contributed by atoms with E-state index in [1.54, 1.807) is 23.9 Å². The molecule has 0 radical (unpaired) electrons. The second-order valence-electron chi connectivity index (χ2n) is 6.59. The van der Waals surface area contributed by atoms with Crippen LogP contribution in [0.2, 0.25) is 0 Å². The SMILES string of the molecule is Cc1cc(-c2cncnc2C2CCCN(C(=O)Cc3cccs3)C2)on1. The number of nitrogens with zero attached hydrogens (tertiary/aromatic N) is 4. The van der Waals surface area contributed by atoms with Crippen molar-refractivity contribution in [3.05, 3.63) is 52.4 Å². The number of aryl methyl sites for hydroxylation is 1. The van der Waals surface area contributed by atoms with Crippen molar-refractivity contribution in [2.75, 3.05) is 13.1 Å². The van der Waals surface area contributed by atoms with Gasteiger partial charge in [0, 0.05) is 36.1 Å². The molecule has 3 aromatic heterocycles. The van der Waals surface area contributed by atoms with E-state index in [0.29, 0.717) is 18.7 Å². The molecule has 0 N–H and O–H groups in total. The third kappa shape index (κ3) is 3.53. The van der Waals surface area contributed by atoms with Crippen molar-refractivity contribution < 1.29 is 9.32 Å². The predicted molar refractivity (Wildman–Crippen MR) is 98.8 cm³/mol. The van der Waals surface area contributed by atoms with Gasteiger partial charge in [-0.3, -0.25) is 4.79 Å². The smallest absolute Gasteiger partial charge is 0.227 e. The normalized spacial score (nSPS) is 17.4. The van der Waals surface area contributed by atoms with Gasteiger partial charge in [0.2, 0.25) is 5.91 Å². The lowest BCUT2D eigenvalue weighted by Gasteiger charge is -2.33. The number of likely N-dealkylation sites (tertiary alicyclic amines) is 1. The predicted octanol–water partition coefficient (Wildman–Crippen LogP) is 3.45. The van der Waals surface area contributed by atoms with Gasteiger partial charge in [-0.05, 0) is 31.2 Å². The van der Waals surface area contributed by atoms with Crippen LogP contribution in [0.5, 0.6) is 0 Å². The molecule has 0 bridgehead atoms. The molecular formula is C19H20N4O2S. The van der Waals surface area contributed by atoms with Crippen molar-refractivity contribution in [1.29, 1.82) is 0 Å². The number of rotatable bonds is 4. The fourth-order valence-corrected chi connectivity index (χ4v) is 4.14. The molecule has 0 spiro atoms. The Morgan fingerprint density at radius 1 is 1.46 bits per heavy atom. The first-order chi connectivity index (χ1) is 12.7. The molecule has 7 heteroatoms. The molecule has 1 atom stereocenters. The second kappa shape index (κ2) is 7.37. The molecule has 0 saturated carbocycles. The van der Waals surface area contributed by atoms with Gasteiger partial charge in [0.15, 0.2) is 5.76 Å². The summed E-state index contributed by atoms with van der Waals surface area (Å²) in [5, 5.41) is 5.98. The van der Waals surface area contributed by atoms with Crippen LogP contribution in [-0.2, 0) is 11.2 Å². The highest BCUT2D eigenvalue weighted by Gasteiger charge is 2.28. The molecule has 134 valence electrons. The fourth-order valence-electron chi connectivity index (χ4n) is 3.45. The average molecular weight is 368 g/mol. The lowest BCUT2D eigenvalue weighted by atomic mass is 9.91. The molecule has 1 fully saturated rings. The van der Waals surface area contributed by atoms with Crippen molar-refractivity contribution in [2.45, 2.75) is 32.1 Å². The van der Waals surface area contributed by atoms with Crippen LogP contribution in [0.3, 0.4) is 0 Å². The van der Waals surface area contributed by atoms with Crippen LogP contribution in [0.15, 0.2) is 40.6 Å². The van der Waals surface area contributed by atoms with Crippen LogP contribution >= 0.6 is 11.3 Å². The Morgan fingerprint density at radius 3 is 3.15 bits per heavy atom. The summed E-state index contributed by atoms with van der Waals surface area (Å²) in [6, 6.07) is 5.89. The first-order valence-corrected chi connectivity index (χ1v) is 9.62. The number of aromatic nitrogens is 3. The largest absolute Gasteiger partial charge is 0.356 e. The lowest BCUT2D eigenvalue weighted by molar-refractivity contribution is -0.131. The number of hydrogen-bond donors (Lipinski definition) is 0. The molecule has 6 nitrogen and oxygen atoms in total. The third-order valence-corrected chi connectivity index (χ3v) is 5.58. The van der Waals surface area contributed by atoms with Gasteiger partial charge in [-0.25, -0.2) is 9.97 Å². The molecule has 1 unspecified atom stereocenters. The van der Waals surface area contributed by atoms with Gasteiger partial charge in [0.05, 0.1) is 23.4 Å². The van der Waals surface area contributed by atoms with Crippen molar-refractivity contribution in [2.24, 2.45) is 0 Å². The summed E-state index contributed by atoms with van der Waals surface area (Å²) in [5.74, 6) is 1.04.